The fourth-order valence-electron chi connectivity index (χ4n) is 3.98. The molecule has 168 valence electrons. The summed E-state index contributed by atoms with van der Waals surface area (Å²) in [4.78, 5) is 11.9. The number of esters is 1. The SMILES string of the molecule is CCCCCCCCCCCCOC(=O)CNc1coc([Si](CC)(CC)CC)c1. The van der Waals surface area contributed by atoms with Crippen LogP contribution in [0, 0.1) is 0 Å². The van der Waals surface area contributed by atoms with Crippen molar-refractivity contribution >= 4 is 25.1 Å². The van der Waals surface area contributed by atoms with Crippen LogP contribution in [0.4, 0.5) is 5.69 Å². The Morgan fingerprint density at radius 3 is 2.00 bits per heavy atom. The zero-order valence-electron chi connectivity index (χ0n) is 19.5. The highest BCUT2D eigenvalue weighted by atomic mass is 28.3. The van der Waals surface area contributed by atoms with Gasteiger partial charge in [0.2, 0.25) is 0 Å². The molecule has 29 heavy (non-hydrogen) atoms. The third kappa shape index (κ3) is 9.88. The van der Waals surface area contributed by atoms with Gasteiger partial charge in [-0.25, -0.2) is 0 Å². The summed E-state index contributed by atoms with van der Waals surface area (Å²) >= 11 is 0. The number of hydrogen-bond acceptors (Lipinski definition) is 4. The second-order valence-electron chi connectivity index (χ2n) is 8.30. The van der Waals surface area contributed by atoms with Crippen molar-refractivity contribution in [2.24, 2.45) is 0 Å². The maximum atomic E-state index is 11.9. The van der Waals surface area contributed by atoms with Gasteiger partial charge < -0.3 is 14.5 Å². The monoisotopic (exact) mass is 423 g/mol. The summed E-state index contributed by atoms with van der Waals surface area (Å²) in [5, 5.41) is 4.30. The Labute approximate surface area is 180 Å². The van der Waals surface area contributed by atoms with E-state index in [0.717, 1.165) is 23.9 Å². The van der Waals surface area contributed by atoms with Gasteiger partial charge >= 0.3 is 5.97 Å². The molecular weight excluding hydrogens is 378 g/mol. The molecule has 0 spiro atoms. The van der Waals surface area contributed by atoms with Gasteiger partial charge in [0.15, 0.2) is 0 Å². The van der Waals surface area contributed by atoms with E-state index in [1.807, 2.05) is 0 Å². The lowest BCUT2D eigenvalue weighted by Crippen LogP contribution is -2.44. The largest absolute Gasteiger partial charge is 0.472 e. The standard InChI is InChI=1S/C24H45NO3Si/c1-5-9-10-11-12-13-14-15-16-17-18-27-23(26)20-25-22-19-24(28-21-22)29(6-2,7-3)8-4/h19,21,25H,5-18,20H2,1-4H3. The minimum absolute atomic E-state index is 0.186. The van der Waals surface area contributed by atoms with Crippen LogP contribution in [0.15, 0.2) is 16.7 Å². The molecule has 0 saturated carbocycles. The Morgan fingerprint density at radius 1 is 0.897 bits per heavy atom. The minimum Gasteiger partial charge on any atom is -0.472 e. The van der Waals surface area contributed by atoms with E-state index in [1.165, 1.54) is 69.5 Å². The van der Waals surface area contributed by atoms with Crippen LogP contribution in [0.3, 0.4) is 0 Å². The van der Waals surface area contributed by atoms with Crippen LogP contribution in [0.25, 0.3) is 0 Å². The van der Waals surface area contributed by atoms with Crippen molar-refractivity contribution in [2.75, 3.05) is 18.5 Å². The average Bonchev–Trinajstić information content (AvgIpc) is 3.22. The van der Waals surface area contributed by atoms with Crippen molar-refractivity contribution in [3.63, 3.8) is 0 Å². The number of anilines is 1. The van der Waals surface area contributed by atoms with Gasteiger partial charge in [-0.1, -0.05) is 104 Å². The van der Waals surface area contributed by atoms with Crippen LogP contribution in [0.2, 0.25) is 18.1 Å². The van der Waals surface area contributed by atoms with Crippen LogP contribution in [-0.2, 0) is 9.53 Å². The van der Waals surface area contributed by atoms with Gasteiger partial charge in [0.05, 0.1) is 17.7 Å². The summed E-state index contributed by atoms with van der Waals surface area (Å²) in [5.74, 6) is -0.186. The van der Waals surface area contributed by atoms with Gasteiger partial charge in [-0.2, -0.15) is 0 Å². The molecule has 0 atom stereocenters. The zero-order chi connectivity index (χ0) is 21.4. The first-order valence-corrected chi connectivity index (χ1v) is 14.7. The van der Waals surface area contributed by atoms with E-state index in [1.54, 1.807) is 6.26 Å². The van der Waals surface area contributed by atoms with Gasteiger partial charge in [-0.3, -0.25) is 4.79 Å². The molecule has 0 aliphatic carbocycles. The summed E-state index contributed by atoms with van der Waals surface area (Å²) in [6.45, 7) is 9.79. The lowest BCUT2D eigenvalue weighted by atomic mass is 10.1. The van der Waals surface area contributed by atoms with E-state index in [4.69, 9.17) is 9.15 Å². The molecule has 0 amide bonds. The number of furan rings is 1. The number of carbonyl (C=O) groups is 1. The Morgan fingerprint density at radius 2 is 1.45 bits per heavy atom. The summed E-state index contributed by atoms with van der Waals surface area (Å²) in [5.41, 5.74) is 0.892. The minimum atomic E-state index is -1.50. The van der Waals surface area contributed by atoms with E-state index in [-0.39, 0.29) is 12.5 Å². The number of carbonyl (C=O) groups excluding carboxylic acids is 1. The highest BCUT2D eigenvalue weighted by molar-refractivity contribution is 6.90. The molecule has 0 saturated heterocycles. The maximum absolute atomic E-state index is 11.9. The predicted molar refractivity (Wildman–Crippen MR) is 127 cm³/mol. The number of unbranched alkanes of at least 4 members (excludes halogenated alkanes) is 9. The number of rotatable bonds is 18. The molecule has 1 rings (SSSR count). The first-order chi connectivity index (χ1) is 14.1. The fraction of sp³-hybridized carbons (Fsp3) is 0.792. The first-order valence-electron chi connectivity index (χ1n) is 12.1. The molecule has 4 nitrogen and oxygen atoms in total. The van der Waals surface area contributed by atoms with E-state index < -0.39 is 8.07 Å². The first kappa shape index (κ1) is 25.8. The van der Waals surface area contributed by atoms with Crippen molar-refractivity contribution in [3.05, 3.63) is 12.3 Å². The van der Waals surface area contributed by atoms with E-state index >= 15 is 0 Å². The van der Waals surface area contributed by atoms with Gasteiger partial charge in [0, 0.05) is 0 Å². The predicted octanol–water partition coefficient (Wildman–Crippen LogP) is 6.87. The smallest absolute Gasteiger partial charge is 0.325 e. The van der Waals surface area contributed by atoms with Crippen molar-refractivity contribution in [1.29, 1.82) is 0 Å². The van der Waals surface area contributed by atoms with E-state index in [2.05, 4.69) is 39.1 Å². The van der Waals surface area contributed by atoms with Crippen molar-refractivity contribution in [1.82, 2.24) is 0 Å². The van der Waals surface area contributed by atoms with Crippen molar-refractivity contribution in [2.45, 2.75) is 110 Å². The Balaban J connectivity index is 2.10. The highest BCUT2D eigenvalue weighted by Crippen LogP contribution is 2.22. The van der Waals surface area contributed by atoms with Crippen LogP contribution >= 0.6 is 0 Å². The second-order valence-corrected chi connectivity index (χ2v) is 13.5. The molecule has 0 aromatic carbocycles. The molecule has 1 aromatic heterocycles. The average molecular weight is 424 g/mol. The summed E-state index contributed by atoms with van der Waals surface area (Å²) in [7, 11) is -1.50. The topological polar surface area (TPSA) is 51.5 Å². The van der Waals surface area contributed by atoms with Crippen molar-refractivity contribution in [3.8, 4) is 0 Å². The third-order valence-electron chi connectivity index (χ3n) is 6.35. The summed E-state index contributed by atoms with van der Waals surface area (Å²) in [6, 6.07) is 5.66. The van der Waals surface area contributed by atoms with Crippen LogP contribution in [-0.4, -0.2) is 27.2 Å². The van der Waals surface area contributed by atoms with Gasteiger partial charge in [-0.15, -0.1) is 0 Å². The van der Waals surface area contributed by atoms with Crippen LogP contribution in [0.5, 0.6) is 0 Å². The Kier molecular flexibility index (Phi) is 13.9. The molecule has 1 N–H and O–H groups in total. The maximum Gasteiger partial charge on any atom is 0.325 e. The highest BCUT2D eigenvalue weighted by Gasteiger charge is 2.32. The second kappa shape index (κ2) is 15.6. The molecule has 0 aliphatic heterocycles. The zero-order valence-corrected chi connectivity index (χ0v) is 20.5. The Bertz CT molecular complexity index is 532. The number of hydrogen-bond donors (Lipinski definition) is 1. The molecule has 0 fully saturated rings. The molecule has 0 radical (unpaired) electrons. The van der Waals surface area contributed by atoms with Gasteiger partial charge in [-0.05, 0) is 12.5 Å². The molecule has 1 heterocycles. The van der Waals surface area contributed by atoms with Crippen molar-refractivity contribution < 1.29 is 13.9 Å². The quantitative estimate of drug-likeness (QED) is 0.159. The third-order valence-corrected chi connectivity index (χ3v) is 11.7. The molecule has 1 aromatic rings. The van der Waals surface area contributed by atoms with Crippen LogP contribution < -0.4 is 10.7 Å². The molecule has 0 aliphatic rings. The number of nitrogens with one attached hydrogen (secondary N) is 1. The Hall–Kier alpha value is -1.23. The molecule has 0 unspecified atom stereocenters. The normalized spacial score (nSPS) is 11.6. The molecular formula is C24H45NO3Si. The van der Waals surface area contributed by atoms with E-state index in [9.17, 15) is 4.79 Å². The van der Waals surface area contributed by atoms with E-state index in [0.29, 0.717) is 6.61 Å². The lowest BCUT2D eigenvalue weighted by Gasteiger charge is -2.24. The fourth-order valence-corrected chi connectivity index (χ4v) is 7.30. The van der Waals surface area contributed by atoms with Gasteiger partial charge in [0.1, 0.15) is 20.9 Å². The molecule has 5 heteroatoms. The van der Waals surface area contributed by atoms with Crippen LogP contribution in [0.1, 0.15) is 91.9 Å². The van der Waals surface area contributed by atoms with Gasteiger partial charge in [0.25, 0.3) is 0 Å². The molecule has 0 bridgehead atoms. The summed E-state index contributed by atoms with van der Waals surface area (Å²) < 4.78 is 11.2. The number of ether oxygens (including phenoxy) is 1. The lowest BCUT2D eigenvalue weighted by molar-refractivity contribution is -0.141. The summed E-state index contributed by atoms with van der Waals surface area (Å²) in [6.07, 6.45) is 14.6.